The summed E-state index contributed by atoms with van der Waals surface area (Å²) in [6.07, 6.45) is 4.77. The molecule has 2 aliphatic carbocycles. The molecule has 3 aliphatic rings. The van der Waals surface area contributed by atoms with Crippen molar-refractivity contribution in [2.24, 2.45) is 16.7 Å². The fourth-order valence-electron chi connectivity index (χ4n) is 6.95. The van der Waals surface area contributed by atoms with Gasteiger partial charge in [-0.2, -0.15) is 0 Å². The number of aliphatic hydroxyl groups excluding tert-OH is 2. The maximum Gasteiger partial charge on any atom is 0.257 e. The predicted molar refractivity (Wildman–Crippen MR) is 140 cm³/mol. The number of aromatic nitrogens is 1. The lowest BCUT2D eigenvalue weighted by Crippen LogP contribution is -2.57. The Morgan fingerprint density at radius 1 is 1.24 bits per heavy atom. The summed E-state index contributed by atoms with van der Waals surface area (Å²) < 4.78 is 13.7. The van der Waals surface area contributed by atoms with E-state index in [0.717, 1.165) is 49.3 Å². The first-order chi connectivity index (χ1) is 17.7. The van der Waals surface area contributed by atoms with Crippen LogP contribution in [-0.2, 0) is 11.2 Å². The number of anilines is 1. The average Bonchev–Trinajstić information content (AvgIpc) is 3.30. The molecule has 2 amide bonds. The van der Waals surface area contributed by atoms with Crippen molar-refractivity contribution >= 4 is 28.3 Å². The van der Waals surface area contributed by atoms with Crippen LogP contribution in [0.1, 0.15) is 79.2 Å². The Labute approximate surface area is 221 Å². The van der Waals surface area contributed by atoms with E-state index in [0.29, 0.717) is 24.4 Å². The van der Waals surface area contributed by atoms with Crippen molar-refractivity contribution in [3.05, 3.63) is 46.2 Å². The number of nitrogens with one attached hydrogen (secondary N) is 1. The molecule has 1 saturated carbocycles. The molecule has 1 aliphatic heterocycles. The first-order valence-corrected chi connectivity index (χ1v) is 14.1. The third kappa shape index (κ3) is 4.70. The maximum atomic E-state index is 13.7. The molecule has 5 rings (SSSR count). The first-order valence-electron chi connectivity index (χ1n) is 13.3. The van der Waals surface area contributed by atoms with Gasteiger partial charge in [0.1, 0.15) is 5.82 Å². The number of benzene rings is 1. The fourth-order valence-corrected chi connectivity index (χ4v) is 8.01. The quantitative estimate of drug-likeness (QED) is 0.534. The number of carbonyl (C=O) groups excluding carboxylic acids is 2. The molecule has 1 saturated heterocycles. The Balaban J connectivity index is 1.50. The van der Waals surface area contributed by atoms with Crippen molar-refractivity contribution in [1.29, 1.82) is 0 Å². The molecule has 2 heterocycles. The van der Waals surface area contributed by atoms with E-state index in [1.807, 2.05) is 11.8 Å². The highest BCUT2D eigenvalue weighted by Crippen LogP contribution is 2.63. The highest BCUT2D eigenvalue weighted by Gasteiger charge is 2.59. The van der Waals surface area contributed by atoms with Crippen LogP contribution >= 0.6 is 11.3 Å². The third-order valence-electron chi connectivity index (χ3n) is 9.29. The number of amides is 2. The van der Waals surface area contributed by atoms with Gasteiger partial charge in [0.25, 0.3) is 5.91 Å². The van der Waals surface area contributed by atoms with Gasteiger partial charge in [0.05, 0.1) is 18.4 Å². The third-order valence-corrected chi connectivity index (χ3v) is 10.3. The van der Waals surface area contributed by atoms with Crippen molar-refractivity contribution in [3.63, 3.8) is 0 Å². The number of rotatable bonds is 5. The summed E-state index contributed by atoms with van der Waals surface area (Å²) in [6.45, 7) is 5.54. The minimum Gasteiger partial charge on any atom is -0.396 e. The molecule has 3 N–H and O–H groups in total. The van der Waals surface area contributed by atoms with E-state index in [2.05, 4.69) is 12.2 Å². The molecule has 5 atom stereocenters. The molecule has 2 aromatic rings. The number of piperidine rings is 1. The predicted octanol–water partition coefficient (Wildman–Crippen LogP) is 4.35. The van der Waals surface area contributed by atoms with Crippen LogP contribution in [0.15, 0.2) is 24.3 Å². The van der Waals surface area contributed by atoms with Gasteiger partial charge >= 0.3 is 0 Å². The molecule has 200 valence electrons. The van der Waals surface area contributed by atoms with Gasteiger partial charge in [-0.15, -0.1) is 11.3 Å². The van der Waals surface area contributed by atoms with Crippen LogP contribution in [0.3, 0.4) is 0 Å². The van der Waals surface area contributed by atoms with Crippen LogP contribution in [0.2, 0.25) is 0 Å². The molecule has 2 fully saturated rings. The topological polar surface area (TPSA) is 103 Å². The van der Waals surface area contributed by atoms with Crippen molar-refractivity contribution in [2.75, 3.05) is 25.0 Å². The first kappa shape index (κ1) is 26.3. The van der Waals surface area contributed by atoms with Gasteiger partial charge in [0, 0.05) is 41.3 Å². The molecule has 9 heteroatoms. The highest BCUT2D eigenvalue weighted by molar-refractivity contribution is 7.15. The largest absolute Gasteiger partial charge is 0.396 e. The zero-order chi connectivity index (χ0) is 26.4. The van der Waals surface area contributed by atoms with Crippen LogP contribution in [0, 0.1) is 22.6 Å². The van der Waals surface area contributed by atoms with Crippen LogP contribution < -0.4 is 5.32 Å². The fraction of sp³-hybridized carbons (Fsp3) is 0.607. The molecular formula is C28H36FN3O4S. The van der Waals surface area contributed by atoms with Gasteiger partial charge < -0.3 is 15.1 Å². The van der Waals surface area contributed by atoms with Gasteiger partial charge in [0.2, 0.25) is 5.91 Å². The summed E-state index contributed by atoms with van der Waals surface area (Å²) in [5.41, 5.74) is 0.000948. The van der Waals surface area contributed by atoms with Crippen molar-refractivity contribution in [3.8, 4) is 0 Å². The number of carbonyl (C=O) groups is 2. The molecule has 0 spiro atoms. The zero-order valence-electron chi connectivity index (χ0n) is 21.5. The lowest BCUT2D eigenvalue weighted by molar-refractivity contribution is -0.147. The minimum atomic E-state index is -0.702. The van der Waals surface area contributed by atoms with Crippen LogP contribution in [0.4, 0.5) is 9.52 Å². The molecule has 7 nitrogen and oxygen atoms in total. The van der Waals surface area contributed by atoms with E-state index < -0.39 is 23.2 Å². The molecule has 0 bridgehead atoms. The summed E-state index contributed by atoms with van der Waals surface area (Å²) in [4.78, 5) is 34.1. The van der Waals surface area contributed by atoms with Gasteiger partial charge in [-0.1, -0.05) is 19.9 Å². The van der Waals surface area contributed by atoms with E-state index in [1.165, 1.54) is 29.5 Å². The average molecular weight is 530 g/mol. The number of halogens is 1. The normalized spacial score (nSPS) is 31.4. The van der Waals surface area contributed by atoms with Crippen molar-refractivity contribution in [2.45, 2.75) is 70.8 Å². The highest BCUT2D eigenvalue weighted by atomic mass is 32.1. The number of aliphatic hydroxyl groups is 2. The van der Waals surface area contributed by atoms with E-state index in [9.17, 15) is 24.2 Å². The summed E-state index contributed by atoms with van der Waals surface area (Å²) >= 11 is 1.37. The van der Waals surface area contributed by atoms with Gasteiger partial charge in [0.15, 0.2) is 5.13 Å². The summed E-state index contributed by atoms with van der Waals surface area (Å²) in [6, 6.07) is 5.52. The second-order valence-corrected chi connectivity index (χ2v) is 12.6. The lowest BCUT2D eigenvalue weighted by Gasteiger charge is -2.58. The Bertz CT molecular complexity index is 1180. The van der Waals surface area contributed by atoms with Crippen molar-refractivity contribution in [1.82, 2.24) is 9.88 Å². The number of likely N-dealkylation sites (tertiary alicyclic amines) is 1. The monoisotopic (exact) mass is 529 g/mol. The number of fused-ring (bicyclic) bond motifs is 2. The van der Waals surface area contributed by atoms with Crippen LogP contribution in [0.25, 0.3) is 0 Å². The Hall–Kier alpha value is -2.36. The maximum absolute atomic E-state index is 13.7. The second kappa shape index (κ2) is 10.1. The molecule has 37 heavy (non-hydrogen) atoms. The summed E-state index contributed by atoms with van der Waals surface area (Å²) in [5.74, 6) is -1.04. The van der Waals surface area contributed by atoms with E-state index in [-0.39, 0.29) is 35.3 Å². The number of nitrogens with zero attached hydrogens (tertiary/aromatic N) is 2. The summed E-state index contributed by atoms with van der Waals surface area (Å²) in [7, 11) is 0. The second-order valence-electron chi connectivity index (χ2n) is 11.5. The van der Waals surface area contributed by atoms with Gasteiger partial charge in [-0.05, 0) is 68.1 Å². The zero-order valence-corrected chi connectivity index (χ0v) is 22.3. The van der Waals surface area contributed by atoms with Crippen molar-refractivity contribution < 1.29 is 24.2 Å². The summed E-state index contributed by atoms with van der Waals surface area (Å²) in [5, 5.41) is 24.6. The number of hydrogen-bond donors (Lipinski definition) is 3. The SMILES string of the molecule is CC1(CO)C(O)CCC2(C)C(CC(=O)N3CCCCC3)c3nc(NC(=O)c4cccc(F)c4)sc3CC12. The number of hydrogen-bond acceptors (Lipinski definition) is 6. The van der Waals surface area contributed by atoms with Crippen LogP contribution in [-0.4, -0.2) is 57.7 Å². The standard InChI is InChI=1S/C28H36FN3O4S/c1-27-10-9-22(34)28(2,16-33)21(27)15-20-24(19(27)14-23(35)32-11-4-3-5-12-32)30-26(37-20)31-25(36)17-7-6-8-18(29)13-17/h6-8,13,19,21-22,33-34H,3-5,9-12,14-16H2,1-2H3,(H,30,31,36). The van der Waals surface area contributed by atoms with E-state index in [1.54, 1.807) is 6.07 Å². The minimum absolute atomic E-state index is 0.0485. The van der Waals surface area contributed by atoms with Gasteiger partial charge in [-0.3, -0.25) is 14.9 Å². The Kier molecular flexibility index (Phi) is 7.15. The smallest absolute Gasteiger partial charge is 0.257 e. The lowest BCUT2D eigenvalue weighted by atomic mass is 9.47. The Morgan fingerprint density at radius 3 is 2.70 bits per heavy atom. The van der Waals surface area contributed by atoms with Gasteiger partial charge in [-0.25, -0.2) is 9.37 Å². The molecule has 5 unspecified atom stereocenters. The van der Waals surface area contributed by atoms with E-state index in [4.69, 9.17) is 4.98 Å². The molecule has 1 aromatic carbocycles. The van der Waals surface area contributed by atoms with Crippen LogP contribution in [0.5, 0.6) is 0 Å². The Morgan fingerprint density at radius 2 is 2.00 bits per heavy atom. The van der Waals surface area contributed by atoms with E-state index >= 15 is 0 Å². The molecular weight excluding hydrogens is 493 g/mol. The molecule has 0 radical (unpaired) electrons. The molecule has 1 aromatic heterocycles. The number of thiazole rings is 1.